The zero-order valence-electron chi connectivity index (χ0n) is 12.5. The van der Waals surface area contributed by atoms with Crippen LogP contribution in [0.4, 0.5) is 10.1 Å². The van der Waals surface area contributed by atoms with Gasteiger partial charge in [0.15, 0.2) is 11.6 Å². The molecule has 0 aliphatic carbocycles. The van der Waals surface area contributed by atoms with Crippen molar-refractivity contribution in [3.8, 4) is 11.5 Å². The number of anilines is 1. The number of carbonyl (C=O) groups is 1. The Bertz CT molecular complexity index is 631. The summed E-state index contributed by atoms with van der Waals surface area (Å²) in [6, 6.07) is 13.3. The van der Waals surface area contributed by atoms with E-state index in [4.69, 9.17) is 9.47 Å². The number of para-hydroxylation sites is 2. The van der Waals surface area contributed by atoms with Gasteiger partial charge in [0.2, 0.25) is 0 Å². The molecule has 1 N–H and O–H groups in total. The molecule has 4 nitrogen and oxygen atoms in total. The molecule has 0 bridgehead atoms. The van der Waals surface area contributed by atoms with E-state index in [0.717, 1.165) is 0 Å². The number of rotatable bonds is 6. The third-order valence-electron chi connectivity index (χ3n) is 2.98. The molecule has 0 heterocycles. The van der Waals surface area contributed by atoms with Crippen molar-refractivity contribution < 1.29 is 18.7 Å². The Hall–Kier alpha value is -2.40. The number of hydrogen-bond donors (Lipinski definition) is 1. The maximum atomic E-state index is 14.0. The highest BCUT2D eigenvalue weighted by molar-refractivity contribution is 5.95. The van der Waals surface area contributed by atoms with Gasteiger partial charge in [-0.1, -0.05) is 24.3 Å². The predicted molar refractivity (Wildman–Crippen MR) is 82.6 cm³/mol. The summed E-state index contributed by atoms with van der Waals surface area (Å²) in [5, 5.41) is 2.52. The molecule has 2 aromatic rings. The minimum atomic E-state index is -0.672. The van der Waals surface area contributed by atoms with Crippen LogP contribution < -0.4 is 10.1 Å². The van der Waals surface area contributed by atoms with E-state index in [-0.39, 0.29) is 11.4 Å². The lowest BCUT2D eigenvalue weighted by atomic mass is 10.2. The van der Waals surface area contributed by atoms with E-state index in [9.17, 15) is 9.18 Å². The molecule has 0 spiro atoms. The Morgan fingerprint density at radius 2 is 1.91 bits per heavy atom. The molecule has 5 heteroatoms. The van der Waals surface area contributed by atoms with Crippen molar-refractivity contribution in [3.63, 3.8) is 0 Å². The molecule has 1 atom stereocenters. The van der Waals surface area contributed by atoms with E-state index < -0.39 is 17.8 Å². The minimum Gasteiger partial charge on any atom is -0.455 e. The molecule has 0 aliphatic heterocycles. The summed E-state index contributed by atoms with van der Waals surface area (Å²) in [5.74, 6) is -0.194. The predicted octanol–water partition coefficient (Wildman–Crippen LogP) is 3.98. The van der Waals surface area contributed by atoms with Crippen LogP contribution in [-0.2, 0) is 9.53 Å². The molecule has 0 fully saturated rings. The van der Waals surface area contributed by atoms with Gasteiger partial charge >= 0.3 is 0 Å². The second-order valence-electron chi connectivity index (χ2n) is 4.61. The summed E-state index contributed by atoms with van der Waals surface area (Å²) in [6.07, 6.45) is -0.672. The van der Waals surface area contributed by atoms with Crippen LogP contribution in [0.1, 0.15) is 13.8 Å². The van der Waals surface area contributed by atoms with Crippen LogP contribution in [-0.4, -0.2) is 18.6 Å². The van der Waals surface area contributed by atoms with E-state index in [0.29, 0.717) is 12.4 Å². The largest absolute Gasteiger partial charge is 0.455 e. The summed E-state index contributed by atoms with van der Waals surface area (Å²) in [6.45, 7) is 3.80. The fraction of sp³-hybridized carbons (Fsp3) is 0.235. The SMILES string of the molecule is CCO[C@H](C)C(=O)Nc1c(F)cccc1Oc1ccccc1. The maximum absolute atomic E-state index is 14.0. The number of ether oxygens (including phenoxy) is 2. The van der Waals surface area contributed by atoms with Crippen LogP contribution in [0.2, 0.25) is 0 Å². The third kappa shape index (κ3) is 4.05. The summed E-state index contributed by atoms with van der Waals surface area (Å²) < 4.78 is 24.9. The minimum absolute atomic E-state index is 0.00269. The smallest absolute Gasteiger partial charge is 0.253 e. The highest BCUT2D eigenvalue weighted by Gasteiger charge is 2.18. The van der Waals surface area contributed by atoms with Crippen LogP contribution in [0.3, 0.4) is 0 Å². The molecule has 0 aromatic heterocycles. The van der Waals surface area contributed by atoms with E-state index in [1.165, 1.54) is 12.1 Å². The fourth-order valence-corrected chi connectivity index (χ4v) is 1.88. The van der Waals surface area contributed by atoms with E-state index in [1.807, 2.05) is 18.2 Å². The van der Waals surface area contributed by atoms with Crippen molar-refractivity contribution in [2.45, 2.75) is 20.0 Å². The molecule has 2 aromatic carbocycles. The van der Waals surface area contributed by atoms with Crippen molar-refractivity contribution in [1.82, 2.24) is 0 Å². The third-order valence-corrected chi connectivity index (χ3v) is 2.98. The normalized spacial score (nSPS) is 11.8. The molecule has 0 saturated heterocycles. The van der Waals surface area contributed by atoms with Gasteiger partial charge in [-0.15, -0.1) is 0 Å². The summed E-state index contributed by atoms with van der Waals surface area (Å²) in [4.78, 5) is 12.0. The van der Waals surface area contributed by atoms with Crippen LogP contribution in [0.25, 0.3) is 0 Å². The highest BCUT2D eigenvalue weighted by atomic mass is 19.1. The highest BCUT2D eigenvalue weighted by Crippen LogP contribution is 2.31. The van der Waals surface area contributed by atoms with Gasteiger partial charge in [-0.2, -0.15) is 0 Å². The quantitative estimate of drug-likeness (QED) is 0.878. The average molecular weight is 303 g/mol. The Kier molecular flexibility index (Phi) is 5.49. The second kappa shape index (κ2) is 7.56. The number of carbonyl (C=O) groups excluding carboxylic acids is 1. The van der Waals surface area contributed by atoms with Gasteiger partial charge in [-0.25, -0.2) is 4.39 Å². The van der Waals surface area contributed by atoms with Gasteiger partial charge < -0.3 is 14.8 Å². The van der Waals surface area contributed by atoms with Crippen molar-refractivity contribution in [2.24, 2.45) is 0 Å². The van der Waals surface area contributed by atoms with Gasteiger partial charge in [-0.3, -0.25) is 4.79 Å². The van der Waals surface area contributed by atoms with Gasteiger partial charge in [0.1, 0.15) is 17.5 Å². The zero-order valence-corrected chi connectivity index (χ0v) is 12.5. The number of benzene rings is 2. The van der Waals surface area contributed by atoms with E-state index in [2.05, 4.69) is 5.32 Å². The van der Waals surface area contributed by atoms with Crippen LogP contribution in [0.15, 0.2) is 48.5 Å². The molecule has 0 saturated carbocycles. The molecular weight excluding hydrogens is 285 g/mol. The molecule has 0 unspecified atom stereocenters. The number of halogens is 1. The lowest BCUT2D eigenvalue weighted by Crippen LogP contribution is -2.28. The molecule has 22 heavy (non-hydrogen) atoms. The van der Waals surface area contributed by atoms with Gasteiger partial charge in [-0.05, 0) is 38.1 Å². The number of amides is 1. The van der Waals surface area contributed by atoms with E-state index >= 15 is 0 Å². The first kappa shape index (κ1) is 16.0. The number of hydrogen-bond acceptors (Lipinski definition) is 3. The molecule has 1 amide bonds. The van der Waals surface area contributed by atoms with Gasteiger partial charge in [0.05, 0.1) is 0 Å². The molecule has 116 valence electrons. The first-order valence-electron chi connectivity index (χ1n) is 7.05. The monoisotopic (exact) mass is 303 g/mol. The lowest BCUT2D eigenvalue weighted by Gasteiger charge is -2.16. The standard InChI is InChI=1S/C17H18FNO3/c1-3-21-12(2)17(20)19-16-14(18)10-7-11-15(16)22-13-8-5-4-6-9-13/h4-12H,3H2,1-2H3,(H,19,20)/t12-/m1/s1. The van der Waals surface area contributed by atoms with Gasteiger partial charge in [0, 0.05) is 6.61 Å². The summed E-state index contributed by atoms with van der Waals surface area (Å²) >= 11 is 0. The first-order chi connectivity index (χ1) is 10.6. The van der Waals surface area contributed by atoms with Crippen LogP contribution in [0.5, 0.6) is 11.5 Å². The zero-order chi connectivity index (χ0) is 15.9. The molecule has 0 radical (unpaired) electrons. The second-order valence-corrected chi connectivity index (χ2v) is 4.61. The maximum Gasteiger partial charge on any atom is 0.253 e. The average Bonchev–Trinajstić information content (AvgIpc) is 2.52. The Balaban J connectivity index is 2.21. The molecule has 2 rings (SSSR count). The lowest BCUT2D eigenvalue weighted by molar-refractivity contribution is -0.126. The summed E-state index contributed by atoms with van der Waals surface area (Å²) in [5.41, 5.74) is 0.00269. The van der Waals surface area contributed by atoms with Gasteiger partial charge in [0.25, 0.3) is 5.91 Å². The van der Waals surface area contributed by atoms with Crippen molar-refractivity contribution in [3.05, 3.63) is 54.3 Å². The molecule has 0 aliphatic rings. The van der Waals surface area contributed by atoms with Crippen molar-refractivity contribution >= 4 is 11.6 Å². The fourth-order valence-electron chi connectivity index (χ4n) is 1.88. The Labute approximate surface area is 128 Å². The molecular formula is C17H18FNO3. The topological polar surface area (TPSA) is 47.6 Å². The first-order valence-corrected chi connectivity index (χ1v) is 7.05. The van der Waals surface area contributed by atoms with Crippen LogP contribution >= 0.6 is 0 Å². The van der Waals surface area contributed by atoms with Crippen molar-refractivity contribution in [1.29, 1.82) is 0 Å². The summed E-state index contributed by atoms with van der Waals surface area (Å²) in [7, 11) is 0. The Morgan fingerprint density at radius 1 is 1.18 bits per heavy atom. The Morgan fingerprint density at radius 3 is 2.59 bits per heavy atom. The number of nitrogens with one attached hydrogen (secondary N) is 1. The van der Waals surface area contributed by atoms with E-state index in [1.54, 1.807) is 32.0 Å². The van der Waals surface area contributed by atoms with Crippen LogP contribution in [0, 0.1) is 5.82 Å². The van der Waals surface area contributed by atoms with Crippen molar-refractivity contribution in [2.75, 3.05) is 11.9 Å².